The number of rotatable bonds is 0. The number of hydrogen-bond acceptors (Lipinski definition) is 1. The first-order chi connectivity index (χ1) is 5.86. The Labute approximate surface area is 75.8 Å². The van der Waals surface area contributed by atoms with Crippen molar-refractivity contribution in [3.8, 4) is 0 Å². The van der Waals surface area contributed by atoms with E-state index in [9.17, 15) is 0 Å². The van der Waals surface area contributed by atoms with Crippen LogP contribution in [0.5, 0.6) is 0 Å². The Morgan fingerprint density at radius 2 is 1.42 bits per heavy atom. The molecule has 0 aromatic heterocycles. The van der Waals surface area contributed by atoms with E-state index >= 15 is 0 Å². The number of likely N-dealkylation sites (tertiary alicyclic amines) is 1. The Bertz CT molecular complexity index is 161. The average molecular weight is 165 g/mol. The van der Waals surface area contributed by atoms with Crippen molar-refractivity contribution in [2.24, 2.45) is 11.8 Å². The van der Waals surface area contributed by atoms with E-state index in [1.165, 1.54) is 13.1 Å². The van der Waals surface area contributed by atoms with Crippen LogP contribution < -0.4 is 0 Å². The number of fused-ring (bicyclic) bond motifs is 1. The topological polar surface area (TPSA) is 3.24 Å². The maximum Gasteiger partial charge on any atom is 0.00478 e. The summed E-state index contributed by atoms with van der Waals surface area (Å²) in [7, 11) is 2.19. The zero-order chi connectivity index (χ0) is 8.97. The molecule has 1 saturated heterocycles. The number of hydrogen-bond donors (Lipinski definition) is 0. The van der Waals surface area contributed by atoms with Crippen LogP contribution in [0.4, 0.5) is 0 Å². The molecule has 1 aliphatic heterocycles. The summed E-state index contributed by atoms with van der Waals surface area (Å²) < 4.78 is 0. The van der Waals surface area contributed by atoms with E-state index in [0.717, 1.165) is 11.8 Å². The first-order valence-corrected chi connectivity index (χ1v) is 4.90. The third-order valence-corrected chi connectivity index (χ3v) is 2.42. The van der Waals surface area contributed by atoms with Gasteiger partial charge in [0.1, 0.15) is 0 Å². The van der Waals surface area contributed by atoms with Crippen molar-refractivity contribution in [1.29, 1.82) is 0 Å². The summed E-state index contributed by atoms with van der Waals surface area (Å²) >= 11 is 0. The molecule has 0 spiro atoms. The summed E-state index contributed by atoms with van der Waals surface area (Å²) in [5.74, 6) is 1.60. The van der Waals surface area contributed by atoms with Crippen LogP contribution in [0.3, 0.4) is 0 Å². The predicted molar refractivity (Wildman–Crippen MR) is 54.1 cm³/mol. The van der Waals surface area contributed by atoms with Crippen LogP contribution in [-0.2, 0) is 0 Å². The van der Waals surface area contributed by atoms with Crippen LogP contribution in [0.15, 0.2) is 24.3 Å². The molecule has 0 aromatic carbocycles. The molecule has 2 atom stereocenters. The summed E-state index contributed by atoms with van der Waals surface area (Å²) in [6, 6.07) is 0. The van der Waals surface area contributed by atoms with Crippen molar-refractivity contribution in [2.75, 3.05) is 20.1 Å². The second-order valence-corrected chi connectivity index (χ2v) is 3.32. The highest BCUT2D eigenvalue weighted by molar-refractivity contribution is 5.16. The van der Waals surface area contributed by atoms with Crippen LogP contribution >= 0.6 is 0 Å². The first-order valence-electron chi connectivity index (χ1n) is 4.90. The molecular weight excluding hydrogens is 146 g/mol. The Morgan fingerprint density at radius 3 is 1.83 bits per heavy atom. The molecule has 12 heavy (non-hydrogen) atoms. The number of nitrogens with zero attached hydrogens (tertiary/aromatic N) is 1. The maximum atomic E-state index is 2.40. The molecule has 0 bridgehead atoms. The molecular formula is C11H19N. The molecule has 1 nitrogen and oxygen atoms in total. The molecule has 0 radical (unpaired) electrons. The molecule has 0 aromatic rings. The Morgan fingerprint density at radius 1 is 1.00 bits per heavy atom. The molecule has 0 saturated carbocycles. The second kappa shape index (κ2) is 4.46. The Hall–Kier alpha value is -0.560. The van der Waals surface area contributed by atoms with Crippen molar-refractivity contribution >= 4 is 0 Å². The van der Waals surface area contributed by atoms with Crippen molar-refractivity contribution in [2.45, 2.75) is 13.8 Å². The van der Waals surface area contributed by atoms with Crippen LogP contribution in [0.2, 0.25) is 0 Å². The van der Waals surface area contributed by atoms with E-state index in [0.29, 0.717) is 0 Å². The Balaban J connectivity index is 0.000000336. The van der Waals surface area contributed by atoms with Crippen LogP contribution in [-0.4, -0.2) is 25.0 Å². The molecule has 0 N–H and O–H groups in total. The van der Waals surface area contributed by atoms with Crippen molar-refractivity contribution < 1.29 is 0 Å². The molecule has 2 unspecified atom stereocenters. The van der Waals surface area contributed by atoms with E-state index in [1.807, 2.05) is 13.8 Å². The highest BCUT2D eigenvalue weighted by atomic mass is 15.1. The Kier molecular flexibility index (Phi) is 3.54. The minimum atomic E-state index is 0.801. The van der Waals surface area contributed by atoms with Gasteiger partial charge < -0.3 is 4.90 Å². The third kappa shape index (κ3) is 1.98. The fourth-order valence-corrected chi connectivity index (χ4v) is 1.89. The molecule has 2 rings (SSSR count). The standard InChI is InChI=1S/C9H13N.C2H6/c1-10-6-8-4-2-3-5-9(8)7-10;1-2/h2-5,8-9H,6-7H2,1H3;1-2H3. The van der Waals surface area contributed by atoms with Crippen LogP contribution in [0, 0.1) is 11.8 Å². The highest BCUT2D eigenvalue weighted by Crippen LogP contribution is 2.26. The fourth-order valence-electron chi connectivity index (χ4n) is 1.89. The largest absolute Gasteiger partial charge is 0.305 e. The van der Waals surface area contributed by atoms with Gasteiger partial charge in [0, 0.05) is 13.1 Å². The molecule has 1 heterocycles. The molecule has 0 amide bonds. The van der Waals surface area contributed by atoms with Gasteiger partial charge >= 0.3 is 0 Å². The fraction of sp³-hybridized carbons (Fsp3) is 0.636. The minimum Gasteiger partial charge on any atom is -0.305 e. The van der Waals surface area contributed by atoms with E-state index in [-0.39, 0.29) is 0 Å². The highest BCUT2D eigenvalue weighted by Gasteiger charge is 2.27. The summed E-state index contributed by atoms with van der Waals surface area (Å²) in [5, 5.41) is 0. The lowest BCUT2D eigenvalue weighted by atomic mass is 9.92. The normalized spacial score (nSPS) is 32.6. The monoisotopic (exact) mass is 165 g/mol. The van der Waals surface area contributed by atoms with Gasteiger partial charge in [0.2, 0.25) is 0 Å². The summed E-state index contributed by atoms with van der Waals surface area (Å²) in [4.78, 5) is 2.40. The lowest BCUT2D eigenvalue weighted by molar-refractivity contribution is 0.404. The van der Waals surface area contributed by atoms with Crippen molar-refractivity contribution in [3.63, 3.8) is 0 Å². The SMILES string of the molecule is CC.CN1CC2C=CC=CC2C1. The van der Waals surface area contributed by atoms with E-state index < -0.39 is 0 Å². The van der Waals surface area contributed by atoms with E-state index in [4.69, 9.17) is 0 Å². The van der Waals surface area contributed by atoms with Gasteiger partial charge in [0.05, 0.1) is 0 Å². The van der Waals surface area contributed by atoms with Crippen molar-refractivity contribution in [1.82, 2.24) is 4.90 Å². The second-order valence-electron chi connectivity index (χ2n) is 3.32. The smallest absolute Gasteiger partial charge is 0.00478 e. The quantitative estimate of drug-likeness (QED) is 0.532. The third-order valence-electron chi connectivity index (χ3n) is 2.42. The van der Waals surface area contributed by atoms with Gasteiger partial charge in [-0.15, -0.1) is 0 Å². The van der Waals surface area contributed by atoms with Gasteiger partial charge in [-0.05, 0) is 18.9 Å². The van der Waals surface area contributed by atoms with Crippen molar-refractivity contribution in [3.05, 3.63) is 24.3 Å². The lowest BCUT2D eigenvalue weighted by Crippen LogP contribution is -2.13. The zero-order valence-electron chi connectivity index (χ0n) is 8.33. The summed E-state index contributed by atoms with van der Waals surface area (Å²) in [6.45, 7) is 6.48. The molecule has 2 aliphatic rings. The van der Waals surface area contributed by atoms with Gasteiger partial charge in [0.25, 0.3) is 0 Å². The maximum absolute atomic E-state index is 2.40. The minimum absolute atomic E-state index is 0.801. The van der Waals surface area contributed by atoms with Crippen LogP contribution in [0.25, 0.3) is 0 Å². The summed E-state index contributed by atoms with van der Waals surface area (Å²) in [5.41, 5.74) is 0. The van der Waals surface area contributed by atoms with Gasteiger partial charge in [-0.2, -0.15) is 0 Å². The number of allylic oxidation sites excluding steroid dienone is 2. The van der Waals surface area contributed by atoms with Gasteiger partial charge in [-0.1, -0.05) is 38.2 Å². The zero-order valence-corrected chi connectivity index (χ0v) is 8.33. The molecule has 68 valence electrons. The lowest BCUT2D eigenvalue weighted by Gasteiger charge is -2.11. The van der Waals surface area contributed by atoms with Gasteiger partial charge in [0.15, 0.2) is 0 Å². The summed E-state index contributed by atoms with van der Waals surface area (Å²) in [6.07, 6.45) is 8.99. The van der Waals surface area contributed by atoms with Crippen LogP contribution in [0.1, 0.15) is 13.8 Å². The molecule has 1 aliphatic carbocycles. The van der Waals surface area contributed by atoms with E-state index in [1.54, 1.807) is 0 Å². The first kappa shape index (κ1) is 9.53. The van der Waals surface area contributed by atoms with E-state index in [2.05, 4.69) is 36.3 Å². The van der Waals surface area contributed by atoms with Gasteiger partial charge in [-0.3, -0.25) is 0 Å². The average Bonchev–Trinajstić information content (AvgIpc) is 2.48. The van der Waals surface area contributed by atoms with Gasteiger partial charge in [-0.25, -0.2) is 0 Å². The molecule has 1 heteroatoms. The molecule has 1 fully saturated rings. The predicted octanol–water partition coefficient (Wildman–Crippen LogP) is 2.32.